The molecule has 2 N–H and O–H groups in total. The molecule has 0 aliphatic heterocycles. The molecule has 0 radical (unpaired) electrons. The van der Waals surface area contributed by atoms with Crippen LogP contribution in [0.4, 0.5) is 0 Å². The van der Waals surface area contributed by atoms with Gasteiger partial charge in [-0.3, -0.25) is 39.2 Å². The van der Waals surface area contributed by atoms with E-state index in [1.165, 1.54) is 202 Å². The Balaban J connectivity index is -0.000000190. The average Bonchev–Trinajstić information content (AvgIpc) is 0.945. The fourth-order valence-corrected chi connectivity index (χ4v) is 12.0. The van der Waals surface area contributed by atoms with Crippen molar-refractivity contribution in [1.82, 2.24) is 79.2 Å². The summed E-state index contributed by atoms with van der Waals surface area (Å²) < 4.78 is 0. The van der Waals surface area contributed by atoms with Gasteiger partial charge in [-0.2, -0.15) is 0 Å². The first-order valence-corrected chi connectivity index (χ1v) is 48.6. The maximum atomic E-state index is 3.20. The van der Waals surface area contributed by atoms with Crippen molar-refractivity contribution >= 4 is 0 Å². The van der Waals surface area contributed by atoms with Crippen LogP contribution in [0.25, 0.3) is 0 Å². The molecule has 0 heterocycles. The summed E-state index contributed by atoms with van der Waals surface area (Å²) in [5.41, 5.74) is 0. The maximum Gasteiger partial charge on any atom is 0.0112 e. The van der Waals surface area contributed by atoms with Crippen LogP contribution >= 0.6 is 0 Å². The molecule has 0 amide bonds. The van der Waals surface area contributed by atoms with Crippen molar-refractivity contribution in [2.24, 2.45) is 47.3 Å². The number of hydrogen-bond acceptors (Lipinski definition) is 16. The minimum Gasteiger partial charge on any atom is -0.318 e. The van der Waals surface area contributed by atoms with Crippen molar-refractivity contribution in [3.05, 3.63) is 0 Å². The standard InChI is InChI=1S/2C14H32N2.C13H30N2.3C12H28N2.2C11H26N2/c2*1-7-9-15(6)11-12-16(14(4)5)10-8-13(2)3;1-7-14(6)10-11-15(13(4)5)9-8-12(2)3;3*1-11(2)7-8-14(12(3)4)10-9-13(5)6;2*1-10(2)6-8-13(11(3)4)9-7-12-5/h2*13-14H,7-12H2,1-6H3;12-13H,7-11H2,1-6H3;3*11-12H,7-10H2,1-6H3;2*10-12H,6-9H2,1-5H3. The van der Waals surface area contributed by atoms with Gasteiger partial charge in [-0.15, -0.1) is 0 Å². The monoisotopic (exact) mass is 1640 g/mol. The first-order chi connectivity index (χ1) is 53.3. The second-order valence-electron chi connectivity index (χ2n) is 40.6. The Labute approximate surface area is 731 Å². The van der Waals surface area contributed by atoms with Crippen molar-refractivity contribution in [1.29, 1.82) is 0 Å². The molecule has 0 saturated heterocycles. The molecular formula is C99H230N16. The van der Waals surface area contributed by atoms with Crippen LogP contribution in [0, 0.1) is 47.3 Å². The van der Waals surface area contributed by atoms with Crippen LogP contribution in [-0.2, 0) is 0 Å². The van der Waals surface area contributed by atoms with E-state index in [1.807, 2.05) is 14.1 Å². The van der Waals surface area contributed by atoms with E-state index in [0.717, 1.165) is 86.6 Å². The first kappa shape index (κ1) is 130. The van der Waals surface area contributed by atoms with Crippen molar-refractivity contribution in [3.8, 4) is 0 Å². The second kappa shape index (κ2) is 86.9. The number of rotatable bonds is 61. The van der Waals surface area contributed by atoms with Crippen LogP contribution in [0.2, 0.25) is 0 Å². The van der Waals surface area contributed by atoms with Crippen LogP contribution in [0.1, 0.15) is 307 Å². The van der Waals surface area contributed by atoms with E-state index in [1.54, 1.807) is 0 Å². The molecule has 16 heteroatoms. The van der Waals surface area contributed by atoms with E-state index >= 15 is 0 Å². The highest BCUT2D eigenvalue weighted by atomic mass is 15.2. The molecule has 0 unspecified atom stereocenters. The SMILES string of the molecule is CC(C)CCN(CCN(C)C)C(C)C.CC(C)CCN(CCN(C)C)C(C)C.CC(C)CCN(CCN(C)C)C(C)C.CCCN(C)CCN(CCC(C)C)C(C)C.CCCN(C)CCN(CCC(C)C)C(C)C.CCN(C)CCN(CCC(C)C)C(C)C.CNCCN(CCC(C)C)C(C)C.CNCCN(CCC(C)C)C(C)C. The Kier molecular flexibility index (Phi) is 98.1. The van der Waals surface area contributed by atoms with Crippen LogP contribution < -0.4 is 10.6 Å². The molecule has 0 aromatic carbocycles. The lowest BCUT2D eigenvalue weighted by atomic mass is 10.1. The molecule has 0 aliphatic carbocycles. The van der Waals surface area contributed by atoms with Crippen LogP contribution in [0.3, 0.4) is 0 Å². The van der Waals surface area contributed by atoms with Gasteiger partial charge in [-0.1, -0.05) is 132 Å². The van der Waals surface area contributed by atoms with Gasteiger partial charge >= 0.3 is 0 Å². The highest BCUT2D eigenvalue weighted by Crippen LogP contribution is 2.13. The second-order valence-corrected chi connectivity index (χ2v) is 40.6. The summed E-state index contributed by atoms with van der Waals surface area (Å²) in [5, 5.41) is 6.40. The topological polar surface area (TPSA) is 69.4 Å². The molecule has 706 valence electrons. The van der Waals surface area contributed by atoms with Crippen molar-refractivity contribution in [2.75, 3.05) is 254 Å². The summed E-state index contributed by atoms with van der Waals surface area (Å²) in [7, 11) is 23.5. The summed E-state index contributed by atoms with van der Waals surface area (Å²) in [5.74, 6) is 6.52. The Hall–Kier alpha value is -0.640. The predicted octanol–water partition coefficient (Wildman–Crippen LogP) is 19.7. The van der Waals surface area contributed by atoms with E-state index in [4.69, 9.17) is 0 Å². The molecule has 115 heavy (non-hydrogen) atoms. The molecule has 0 aromatic rings. The third kappa shape index (κ3) is 102. The first-order valence-electron chi connectivity index (χ1n) is 48.6. The Morgan fingerprint density at radius 2 is 0.322 bits per heavy atom. The number of hydrogen-bond donors (Lipinski definition) is 2. The third-order valence-electron chi connectivity index (χ3n) is 21.7. The van der Waals surface area contributed by atoms with Crippen molar-refractivity contribution in [3.63, 3.8) is 0 Å². The molecule has 0 saturated carbocycles. The Morgan fingerprint density at radius 1 is 0.174 bits per heavy atom. The fourth-order valence-electron chi connectivity index (χ4n) is 12.0. The van der Waals surface area contributed by atoms with Crippen molar-refractivity contribution < 1.29 is 0 Å². The fraction of sp³-hybridized carbons (Fsp3) is 1.00. The molecule has 0 spiro atoms. The van der Waals surface area contributed by atoms with Gasteiger partial charge in [0.25, 0.3) is 0 Å². The molecule has 0 atom stereocenters. The van der Waals surface area contributed by atoms with Gasteiger partial charge in [0.1, 0.15) is 0 Å². The van der Waals surface area contributed by atoms with Gasteiger partial charge in [0.2, 0.25) is 0 Å². The normalized spacial score (nSPS) is 12.3. The number of likely N-dealkylation sites (N-methyl/N-ethyl adjacent to an activating group) is 8. The lowest BCUT2D eigenvalue weighted by Crippen LogP contribution is -2.38. The molecule has 16 nitrogen and oxygen atoms in total. The molecular weight excluding hydrogens is 1410 g/mol. The maximum absolute atomic E-state index is 3.20. The zero-order valence-electron chi connectivity index (χ0n) is 88.7. The molecule has 0 rings (SSSR count). The van der Waals surface area contributed by atoms with Gasteiger partial charge < -0.3 is 40.0 Å². The summed E-state index contributed by atoms with van der Waals surface area (Å²) in [6, 6.07) is 5.40. The van der Waals surface area contributed by atoms with Crippen LogP contribution in [0.5, 0.6) is 0 Å². The zero-order chi connectivity index (χ0) is 90.9. The quantitative estimate of drug-likeness (QED) is 0.0607. The van der Waals surface area contributed by atoms with Gasteiger partial charge in [0.05, 0.1) is 0 Å². The summed E-state index contributed by atoms with van der Waals surface area (Å²) in [4.78, 5) is 34.6. The summed E-state index contributed by atoms with van der Waals surface area (Å²) in [6.45, 7) is 112. The highest BCUT2D eigenvalue weighted by molar-refractivity contribution is 4.73. The average molecular weight is 1650 g/mol. The van der Waals surface area contributed by atoms with Crippen molar-refractivity contribution in [2.45, 2.75) is 355 Å². The van der Waals surface area contributed by atoms with Gasteiger partial charge in [0, 0.05) is 153 Å². The van der Waals surface area contributed by atoms with E-state index in [9.17, 15) is 0 Å². The summed E-state index contributed by atoms with van der Waals surface area (Å²) >= 11 is 0. The molecule has 0 fully saturated rings. The van der Waals surface area contributed by atoms with Crippen LogP contribution in [-0.4, -0.2) is 371 Å². The molecule has 0 bridgehead atoms. The van der Waals surface area contributed by atoms with Crippen LogP contribution in [0.15, 0.2) is 0 Å². The highest BCUT2D eigenvalue weighted by Gasteiger charge is 2.17. The lowest BCUT2D eigenvalue weighted by molar-refractivity contribution is 0.181. The predicted molar refractivity (Wildman–Crippen MR) is 532 cm³/mol. The van der Waals surface area contributed by atoms with Gasteiger partial charge in [0.15, 0.2) is 0 Å². The van der Waals surface area contributed by atoms with E-state index in [2.05, 4.69) is 385 Å². The third-order valence-corrected chi connectivity index (χ3v) is 21.7. The van der Waals surface area contributed by atoms with Gasteiger partial charge in [-0.05, 0) is 372 Å². The summed E-state index contributed by atoms with van der Waals surface area (Å²) in [6.07, 6.45) is 13.0. The molecule has 0 aromatic heterocycles. The Bertz CT molecular complexity index is 1660. The molecule has 0 aliphatic rings. The lowest BCUT2D eigenvalue weighted by Gasteiger charge is -2.29. The largest absolute Gasteiger partial charge is 0.318 e. The van der Waals surface area contributed by atoms with E-state index in [-0.39, 0.29) is 0 Å². The number of nitrogens with zero attached hydrogens (tertiary/aromatic N) is 14. The smallest absolute Gasteiger partial charge is 0.0112 e. The Morgan fingerprint density at radius 3 is 0.443 bits per heavy atom. The van der Waals surface area contributed by atoms with E-state index in [0.29, 0.717) is 48.3 Å². The zero-order valence-corrected chi connectivity index (χ0v) is 88.7. The number of nitrogens with one attached hydrogen (secondary N) is 2. The minimum absolute atomic E-state index is 0.673. The van der Waals surface area contributed by atoms with Gasteiger partial charge in [-0.25, -0.2) is 0 Å². The minimum atomic E-state index is 0.673. The van der Waals surface area contributed by atoms with E-state index < -0.39 is 0 Å².